The monoisotopic (exact) mass is 204 g/mol. The minimum absolute atomic E-state index is 0.572. The van der Waals surface area contributed by atoms with E-state index in [0.29, 0.717) is 17.8 Å². The van der Waals surface area contributed by atoms with Crippen molar-refractivity contribution >= 4 is 0 Å². The maximum absolute atomic E-state index is 4.10. The third kappa shape index (κ3) is 4.51. The van der Waals surface area contributed by atoms with Crippen LogP contribution >= 0.6 is 0 Å². The van der Waals surface area contributed by atoms with Crippen LogP contribution in [0.2, 0.25) is 0 Å². The van der Waals surface area contributed by atoms with Crippen molar-refractivity contribution in [1.29, 1.82) is 0 Å². The quantitative estimate of drug-likeness (QED) is 0.541. The molecule has 1 aliphatic carbocycles. The van der Waals surface area contributed by atoms with Gasteiger partial charge in [0.15, 0.2) is 0 Å². The van der Waals surface area contributed by atoms with E-state index in [1.807, 2.05) is 0 Å². The second-order valence-corrected chi connectivity index (χ2v) is 5.09. The first kappa shape index (κ1) is 12.3. The molecule has 0 radical (unpaired) electrons. The molecule has 0 aromatic heterocycles. The molecule has 1 rings (SSSR count). The molecule has 0 bridgehead atoms. The summed E-state index contributed by atoms with van der Waals surface area (Å²) < 4.78 is 0. The van der Waals surface area contributed by atoms with Crippen molar-refractivity contribution in [2.75, 3.05) is 0 Å². The van der Waals surface area contributed by atoms with Gasteiger partial charge in [0, 0.05) is 0 Å². The molecule has 0 spiro atoms. The van der Waals surface area contributed by atoms with Gasteiger partial charge in [0.05, 0.1) is 0 Å². The Balaban J connectivity index is 2.75. The van der Waals surface area contributed by atoms with Crippen molar-refractivity contribution in [1.82, 2.24) is 0 Å². The van der Waals surface area contributed by atoms with Gasteiger partial charge in [-0.25, -0.2) is 0 Å². The molecule has 15 heavy (non-hydrogen) atoms. The van der Waals surface area contributed by atoms with Gasteiger partial charge in [0.2, 0.25) is 0 Å². The standard InChI is InChI=1S/C15H24/c1-12(2)15-10-8-13(3)6-5-7-14(4)9-11-15/h8-12,14-15H,3,5-7H2,1-2,4H3/b10-8+,11-9+/t14-,15-/m1/s1. The van der Waals surface area contributed by atoms with Gasteiger partial charge in [-0.3, -0.25) is 0 Å². The molecule has 0 unspecified atom stereocenters. The average molecular weight is 204 g/mol. The van der Waals surface area contributed by atoms with Crippen molar-refractivity contribution in [2.45, 2.75) is 40.0 Å². The first-order valence-corrected chi connectivity index (χ1v) is 6.14. The van der Waals surface area contributed by atoms with Crippen molar-refractivity contribution in [3.8, 4) is 0 Å². The Kier molecular flexibility index (Phi) is 4.87. The van der Waals surface area contributed by atoms with Crippen LogP contribution in [0.1, 0.15) is 40.0 Å². The highest BCUT2D eigenvalue weighted by atomic mass is 14.1. The van der Waals surface area contributed by atoms with E-state index in [1.165, 1.54) is 18.4 Å². The molecular weight excluding hydrogens is 180 g/mol. The number of hydrogen-bond acceptors (Lipinski definition) is 0. The summed E-state index contributed by atoms with van der Waals surface area (Å²) in [5.74, 6) is 1.96. The normalized spacial score (nSPS) is 32.7. The fraction of sp³-hybridized carbons (Fsp3) is 0.600. The zero-order valence-electron chi connectivity index (χ0n) is 10.4. The molecule has 0 saturated heterocycles. The molecule has 0 aromatic carbocycles. The molecule has 0 fully saturated rings. The highest BCUT2D eigenvalue weighted by molar-refractivity contribution is 5.18. The fourth-order valence-corrected chi connectivity index (χ4v) is 1.90. The largest absolute Gasteiger partial charge is 0.0958 e. The number of hydrogen-bond donors (Lipinski definition) is 0. The van der Waals surface area contributed by atoms with Gasteiger partial charge in [0.1, 0.15) is 0 Å². The Labute approximate surface area is 94.8 Å². The van der Waals surface area contributed by atoms with Gasteiger partial charge in [-0.05, 0) is 37.0 Å². The van der Waals surface area contributed by atoms with E-state index in [-0.39, 0.29) is 0 Å². The van der Waals surface area contributed by atoms with Crippen molar-refractivity contribution in [3.05, 3.63) is 36.5 Å². The molecule has 0 nitrogen and oxygen atoms in total. The van der Waals surface area contributed by atoms with Crippen LogP contribution < -0.4 is 0 Å². The summed E-state index contributed by atoms with van der Waals surface area (Å²) in [7, 11) is 0. The predicted octanol–water partition coefficient (Wildman–Crippen LogP) is 4.75. The van der Waals surface area contributed by atoms with E-state index in [1.54, 1.807) is 0 Å². The van der Waals surface area contributed by atoms with Gasteiger partial charge in [0.25, 0.3) is 0 Å². The van der Waals surface area contributed by atoms with Gasteiger partial charge < -0.3 is 0 Å². The van der Waals surface area contributed by atoms with Crippen LogP contribution in [0, 0.1) is 17.8 Å². The van der Waals surface area contributed by atoms with Crippen LogP contribution in [0.3, 0.4) is 0 Å². The zero-order chi connectivity index (χ0) is 11.3. The van der Waals surface area contributed by atoms with E-state index in [2.05, 4.69) is 51.7 Å². The minimum atomic E-state index is 0.572. The average Bonchev–Trinajstić information content (AvgIpc) is 2.16. The Morgan fingerprint density at radius 1 is 1.27 bits per heavy atom. The SMILES string of the molecule is C=C1/C=C/[C@@H](C(C)C)/C=C/[C@H](C)CCC1. The predicted molar refractivity (Wildman–Crippen MR) is 68.8 cm³/mol. The molecule has 0 saturated carbocycles. The van der Waals surface area contributed by atoms with Crippen molar-refractivity contribution in [3.63, 3.8) is 0 Å². The first-order chi connectivity index (χ1) is 7.09. The number of allylic oxidation sites excluding steroid dienone is 5. The van der Waals surface area contributed by atoms with E-state index < -0.39 is 0 Å². The van der Waals surface area contributed by atoms with E-state index in [4.69, 9.17) is 0 Å². The van der Waals surface area contributed by atoms with E-state index >= 15 is 0 Å². The second-order valence-electron chi connectivity index (χ2n) is 5.09. The molecule has 0 heteroatoms. The summed E-state index contributed by atoms with van der Waals surface area (Å²) in [5, 5.41) is 0. The smallest absolute Gasteiger partial charge is 0.00271 e. The van der Waals surface area contributed by atoms with Gasteiger partial charge in [-0.1, -0.05) is 57.2 Å². The van der Waals surface area contributed by atoms with Crippen LogP contribution in [-0.2, 0) is 0 Å². The summed E-state index contributed by atoms with van der Waals surface area (Å²) in [6.45, 7) is 11.0. The zero-order valence-corrected chi connectivity index (χ0v) is 10.4. The lowest BCUT2D eigenvalue weighted by atomic mass is 9.90. The van der Waals surface area contributed by atoms with Gasteiger partial charge in [-0.15, -0.1) is 0 Å². The summed E-state index contributed by atoms with van der Waals surface area (Å²) >= 11 is 0. The maximum Gasteiger partial charge on any atom is -0.00271 e. The van der Waals surface area contributed by atoms with Gasteiger partial charge in [-0.2, -0.15) is 0 Å². The fourth-order valence-electron chi connectivity index (χ4n) is 1.90. The van der Waals surface area contributed by atoms with Crippen molar-refractivity contribution in [2.24, 2.45) is 17.8 Å². The molecule has 0 N–H and O–H groups in total. The Morgan fingerprint density at radius 2 is 2.00 bits per heavy atom. The highest BCUT2D eigenvalue weighted by Gasteiger charge is 2.08. The lowest BCUT2D eigenvalue weighted by Gasteiger charge is -2.15. The van der Waals surface area contributed by atoms with Crippen LogP contribution in [0.15, 0.2) is 36.5 Å². The Bertz CT molecular complexity index is 255. The molecule has 84 valence electrons. The van der Waals surface area contributed by atoms with Crippen LogP contribution in [-0.4, -0.2) is 0 Å². The molecule has 0 amide bonds. The molecule has 0 aliphatic heterocycles. The maximum atomic E-state index is 4.10. The van der Waals surface area contributed by atoms with Crippen LogP contribution in [0.5, 0.6) is 0 Å². The van der Waals surface area contributed by atoms with E-state index in [0.717, 1.165) is 6.42 Å². The Morgan fingerprint density at radius 3 is 2.67 bits per heavy atom. The van der Waals surface area contributed by atoms with Gasteiger partial charge >= 0.3 is 0 Å². The van der Waals surface area contributed by atoms with Crippen LogP contribution in [0.4, 0.5) is 0 Å². The van der Waals surface area contributed by atoms with E-state index in [9.17, 15) is 0 Å². The lowest BCUT2D eigenvalue weighted by Crippen LogP contribution is -2.04. The molecule has 1 aliphatic rings. The summed E-state index contributed by atoms with van der Waals surface area (Å²) in [6, 6.07) is 0. The third-order valence-corrected chi connectivity index (χ3v) is 3.14. The van der Waals surface area contributed by atoms with Crippen LogP contribution in [0.25, 0.3) is 0 Å². The topological polar surface area (TPSA) is 0 Å². The molecule has 0 aromatic rings. The third-order valence-electron chi connectivity index (χ3n) is 3.14. The first-order valence-electron chi connectivity index (χ1n) is 6.14. The summed E-state index contributed by atoms with van der Waals surface area (Å²) in [6.07, 6.45) is 13.0. The molecule has 2 atom stereocenters. The summed E-state index contributed by atoms with van der Waals surface area (Å²) in [4.78, 5) is 0. The number of rotatable bonds is 1. The molecular formula is C15H24. The second kappa shape index (κ2) is 5.95. The van der Waals surface area contributed by atoms with Crippen molar-refractivity contribution < 1.29 is 0 Å². The highest BCUT2D eigenvalue weighted by Crippen LogP contribution is 2.21. The molecule has 0 heterocycles. The minimum Gasteiger partial charge on any atom is -0.0958 e. The summed E-state index contributed by atoms with van der Waals surface area (Å²) in [5.41, 5.74) is 1.28. The Hall–Kier alpha value is -0.780. The lowest BCUT2D eigenvalue weighted by molar-refractivity contribution is 0.537.